The Kier molecular flexibility index (Phi) is 8.21. The number of carboxylic acids is 1. The van der Waals surface area contributed by atoms with Crippen molar-refractivity contribution in [3.8, 4) is 0 Å². The van der Waals surface area contributed by atoms with E-state index in [0.29, 0.717) is 36.9 Å². The van der Waals surface area contributed by atoms with Crippen molar-refractivity contribution < 1.29 is 18.3 Å². The maximum Gasteiger partial charge on any atom is 0.336 e. The van der Waals surface area contributed by atoms with E-state index in [9.17, 15) is 18.3 Å². The van der Waals surface area contributed by atoms with Gasteiger partial charge in [0, 0.05) is 43.2 Å². The molecule has 0 radical (unpaired) electrons. The molecule has 3 N–H and O–H groups in total. The van der Waals surface area contributed by atoms with E-state index in [0.717, 1.165) is 37.2 Å². The van der Waals surface area contributed by atoms with Gasteiger partial charge in [0.15, 0.2) is 0 Å². The van der Waals surface area contributed by atoms with Crippen LogP contribution in [0.25, 0.3) is 10.9 Å². The molecule has 1 fully saturated rings. The number of likely N-dealkylation sites (N-methyl/N-ethyl adjacent to an activating group) is 2. The van der Waals surface area contributed by atoms with Gasteiger partial charge in [0.05, 0.1) is 16.8 Å². The number of hydrogen-bond acceptors (Lipinski definition) is 5. The second kappa shape index (κ2) is 11.8. The molecule has 42 heavy (non-hydrogen) atoms. The smallest absolute Gasteiger partial charge is 0.336 e. The summed E-state index contributed by atoms with van der Waals surface area (Å²) in [7, 11) is 0.742. The maximum atomic E-state index is 12.3. The third kappa shape index (κ3) is 5.89. The summed E-state index contributed by atoms with van der Waals surface area (Å²) >= 11 is 0. The lowest BCUT2D eigenvalue weighted by molar-refractivity contribution is -0.132. The number of nitrogens with two attached hydrogens (primary N) is 1. The van der Waals surface area contributed by atoms with Crippen LogP contribution in [0.15, 0.2) is 58.7 Å². The van der Waals surface area contributed by atoms with E-state index in [2.05, 4.69) is 57.8 Å². The fourth-order valence-corrected chi connectivity index (χ4v) is 8.34. The highest BCUT2D eigenvalue weighted by molar-refractivity contribution is 7.89. The van der Waals surface area contributed by atoms with Crippen LogP contribution in [0.1, 0.15) is 68.0 Å². The first-order valence-electron chi connectivity index (χ1n) is 15.5. The van der Waals surface area contributed by atoms with Gasteiger partial charge in [-0.05, 0) is 86.5 Å². The van der Waals surface area contributed by atoms with Crippen molar-refractivity contribution in [3.05, 3.63) is 70.0 Å². The summed E-state index contributed by atoms with van der Waals surface area (Å²) in [5.41, 5.74) is 7.75. The highest BCUT2D eigenvalue weighted by Crippen LogP contribution is 2.54. The van der Waals surface area contributed by atoms with Gasteiger partial charge >= 0.3 is 5.97 Å². The van der Waals surface area contributed by atoms with Gasteiger partial charge in [-0.15, -0.1) is 0 Å². The van der Waals surface area contributed by atoms with Crippen LogP contribution >= 0.6 is 0 Å². The topological polar surface area (TPSA) is 109 Å². The number of allylic oxidation sites excluding steroid dienone is 4. The average Bonchev–Trinajstić information content (AvgIpc) is 3.59. The van der Waals surface area contributed by atoms with Crippen LogP contribution in [0.3, 0.4) is 0 Å². The standard InChI is InChI=1S/C33H44N4O4S/c1-35(15-8-18-42(34,40)41)16-17-36(2)20-24-12-7-14-26-29(24)28-19-23-11-6-13-25(22-9-4-3-5-10-22)32(23)37(28)21-27-30(26)31(27)33(38)39/h6-7,11,13-14,19,22,24,29H,3-5,8-10,12,15-18,20-21H2,1-2H3,(H,38,39)(H2,34,40,41)/t24-,29?/m0/s1. The molecule has 4 aliphatic rings. The first kappa shape index (κ1) is 29.4. The Balaban J connectivity index is 1.28. The number of sulfonamides is 1. The number of para-hydroxylation sites is 1. The Morgan fingerprint density at radius 3 is 2.60 bits per heavy atom. The molecule has 6 rings (SSSR count). The normalized spacial score (nSPS) is 22.5. The van der Waals surface area contributed by atoms with E-state index in [1.165, 1.54) is 59.8 Å². The lowest BCUT2D eigenvalue weighted by Crippen LogP contribution is -2.37. The fourth-order valence-electron chi connectivity index (χ4n) is 7.81. The van der Waals surface area contributed by atoms with Crippen LogP contribution in [-0.4, -0.2) is 79.9 Å². The monoisotopic (exact) mass is 592 g/mol. The molecule has 1 aromatic heterocycles. The summed E-state index contributed by atoms with van der Waals surface area (Å²) in [4.78, 5) is 16.8. The minimum absolute atomic E-state index is 0.00549. The molecule has 226 valence electrons. The molecule has 3 aliphatic carbocycles. The van der Waals surface area contributed by atoms with Crippen molar-refractivity contribution in [2.45, 2.75) is 63.3 Å². The number of rotatable bonds is 11. The van der Waals surface area contributed by atoms with Crippen LogP contribution in [0.5, 0.6) is 0 Å². The molecule has 1 aromatic carbocycles. The number of hydrogen-bond donors (Lipinski definition) is 2. The molecule has 1 aliphatic heterocycles. The van der Waals surface area contributed by atoms with Crippen molar-refractivity contribution in [3.63, 3.8) is 0 Å². The van der Waals surface area contributed by atoms with Crippen molar-refractivity contribution in [1.29, 1.82) is 0 Å². The average molecular weight is 593 g/mol. The van der Waals surface area contributed by atoms with Crippen molar-refractivity contribution in [1.82, 2.24) is 14.4 Å². The third-order valence-electron chi connectivity index (χ3n) is 9.88. The molecule has 0 amide bonds. The first-order valence-corrected chi connectivity index (χ1v) is 17.2. The predicted octanol–water partition coefficient (Wildman–Crippen LogP) is 4.60. The molecule has 9 heteroatoms. The van der Waals surface area contributed by atoms with E-state index >= 15 is 0 Å². The number of aromatic nitrogens is 1. The SMILES string of the molecule is CN(CCCS(N)(=O)=O)CCN(C)C[C@@H]1CC=CC2=C3C(=C3C(=O)O)Cn3c(cc4cccc(C5CCCCC5)c43)C21. The molecule has 0 saturated heterocycles. The molecule has 8 nitrogen and oxygen atoms in total. The van der Waals surface area contributed by atoms with Crippen LogP contribution in [0.2, 0.25) is 0 Å². The number of aliphatic carboxylic acids is 1. The molecule has 2 atom stereocenters. The summed E-state index contributed by atoms with van der Waals surface area (Å²) in [6.45, 7) is 3.92. The summed E-state index contributed by atoms with van der Waals surface area (Å²) in [6, 6.07) is 9.15. The summed E-state index contributed by atoms with van der Waals surface area (Å²) in [5, 5.41) is 16.5. The Morgan fingerprint density at radius 1 is 1.10 bits per heavy atom. The van der Waals surface area contributed by atoms with Gasteiger partial charge in [-0.1, -0.05) is 49.6 Å². The Labute approximate surface area is 249 Å². The number of nitrogens with zero attached hydrogens (tertiary/aromatic N) is 3. The Morgan fingerprint density at radius 2 is 1.86 bits per heavy atom. The van der Waals surface area contributed by atoms with Gasteiger partial charge in [-0.3, -0.25) is 0 Å². The number of carboxylic acid groups (broad SMARTS) is 1. The van der Waals surface area contributed by atoms with Crippen LogP contribution in [0, 0.1) is 5.92 Å². The van der Waals surface area contributed by atoms with Gasteiger partial charge in [0.1, 0.15) is 0 Å². The van der Waals surface area contributed by atoms with Crippen molar-refractivity contribution in [2.75, 3.05) is 46.0 Å². The van der Waals surface area contributed by atoms with Gasteiger partial charge in [-0.2, -0.15) is 0 Å². The quantitative estimate of drug-likeness (QED) is 0.395. The number of primary sulfonamides is 1. The second-order valence-electron chi connectivity index (χ2n) is 12.9. The van der Waals surface area contributed by atoms with E-state index < -0.39 is 16.0 Å². The van der Waals surface area contributed by atoms with Crippen LogP contribution < -0.4 is 5.14 Å². The molecular formula is C33H44N4O4S. The molecule has 0 bridgehead atoms. The first-order chi connectivity index (χ1) is 20.1. The van der Waals surface area contributed by atoms with Crippen LogP contribution in [-0.2, 0) is 21.4 Å². The zero-order chi connectivity index (χ0) is 29.6. The Hall–Kier alpha value is -2.72. The zero-order valence-electron chi connectivity index (χ0n) is 24.9. The second-order valence-corrected chi connectivity index (χ2v) is 14.7. The molecule has 2 heterocycles. The molecule has 1 unspecified atom stereocenters. The molecule has 0 spiro atoms. The van der Waals surface area contributed by atoms with E-state index in [1.807, 2.05) is 7.05 Å². The lowest BCUT2D eigenvalue weighted by atomic mass is 9.76. The predicted molar refractivity (Wildman–Crippen MR) is 167 cm³/mol. The van der Waals surface area contributed by atoms with E-state index in [1.54, 1.807) is 0 Å². The van der Waals surface area contributed by atoms with Gasteiger partial charge in [0.25, 0.3) is 0 Å². The third-order valence-corrected chi connectivity index (χ3v) is 10.7. The molecule has 1 saturated carbocycles. The van der Waals surface area contributed by atoms with Gasteiger partial charge in [-0.25, -0.2) is 18.4 Å². The number of carbonyl (C=O) groups is 1. The summed E-state index contributed by atoms with van der Waals surface area (Å²) < 4.78 is 25.0. The highest BCUT2D eigenvalue weighted by Gasteiger charge is 2.45. The summed E-state index contributed by atoms with van der Waals surface area (Å²) in [6.07, 6.45) is 12.2. The van der Waals surface area contributed by atoms with Gasteiger partial charge < -0.3 is 19.5 Å². The maximum absolute atomic E-state index is 12.3. The van der Waals surface area contributed by atoms with E-state index in [-0.39, 0.29) is 11.7 Å². The number of benzene rings is 1. The largest absolute Gasteiger partial charge is 0.478 e. The Bertz CT molecular complexity index is 1580. The minimum atomic E-state index is -3.43. The summed E-state index contributed by atoms with van der Waals surface area (Å²) in [5.74, 6) is 0.230. The fraction of sp³-hybridized carbons (Fsp3) is 0.545. The minimum Gasteiger partial charge on any atom is -0.478 e. The number of fused-ring (bicyclic) bond motifs is 6. The van der Waals surface area contributed by atoms with Crippen molar-refractivity contribution >= 4 is 26.9 Å². The van der Waals surface area contributed by atoms with Crippen molar-refractivity contribution in [2.24, 2.45) is 11.1 Å². The van der Waals surface area contributed by atoms with Crippen LogP contribution in [0.4, 0.5) is 0 Å². The highest BCUT2D eigenvalue weighted by atomic mass is 32.2. The lowest BCUT2D eigenvalue weighted by Gasteiger charge is -2.34. The molecular weight excluding hydrogens is 548 g/mol. The zero-order valence-corrected chi connectivity index (χ0v) is 25.7. The molecule has 2 aromatic rings. The van der Waals surface area contributed by atoms with Gasteiger partial charge in [0.2, 0.25) is 10.0 Å². The van der Waals surface area contributed by atoms with E-state index in [4.69, 9.17) is 5.14 Å².